The molecule has 1 aliphatic heterocycles. The summed E-state index contributed by atoms with van der Waals surface area (Å²) in [5, 5.41) is 8.74. The second kappa shape index (κ2) is 5.43. The van der Waals surface area contributed by atoms with E-state index in [1.807, 2.05) is 4.90 Å². The third-order valence-corrected chi connectivity index (χ3v) is 3.03. The summed E-state index contributed by atoms with van der Waals surface area (Å²) < 4.78 is 0.551. The first-order chi connectivity index (χ1) is 6.27. The third kappa shape index (κ3) is 3.14. The molecular formula is C9H13IN2O. The number of likely N-dealkylation sites (tertiary alicyclic amines) is 1. The van der Waals surface area contributed by atoms with Gasteiger partial charge < -0.3 is 4.90 Å². The third-order valence-electron chi connectivity index (χ3n) is 2.38. The SMILES string of the molecule is N#CC1CCCN(C(=O)CI)CC1. The maximum Gasteiger partial charge on any atom is 0.232 e. The van der Waals surface area contributed by atoms with Crippen molar-refractivity contribution in [3.05, 3.63) is 0 Å². The van der Waals surface area contributed by atoms with Gasteiger partial charge in [-0.25, -0.2) is 0 Å². The van der Waals surface area contributed by atoms with Gasteiger partial charge in [-0.05, 0) is 19.3 Å². The van der Waals surface area contributed by atoms with E-state index in [2.05, 4.69) is 28.7 Å². The lowest BCUT2D eigenvalue weighted by Gasteiger charge is -2.18. The van der Waals surface area contributed by atoms with Gasteiger partial charge in [-0.15, -0.1) is 0 Å². The number of hydrogen-bond acceptors (Lipinski definition) is 2. The zero-order valence-electron chi connectivity index (χ0n) is 7.50. The molecule has 1 aliphatic rings. The normalized spacial score (nSPS) is 23.4. The van der Waals surface area contributed by atoms with Crippen LogP contribution in [0.4, 0.5) is 0 Å². The fourth-order valence-electron chi connectivity index (χ4n) is 1.56. The van der Waals surface area contributed by atoms with Gasteiger partial charge in [0.2, 0.25) is 5.91 Å². The Hall–Kier alpha value is -0.310. The molecule has 4 heteroatoms. The molecule has 1 fully saturated rings. The molecule has 0 aromatic carbocycles. The highest BCUT2D eigenvalue weighted by atomic mass is 127. The minimum atomic E-state index is 0.159. The van der Waals surface area contributed by atoms with Crippen LogP contribution in [-0.4, -0.2) is 28.3 Å². The number of halogens is 1. The molecule has 0 aromatic rings. The van der Waals surface area contributed by atoms with Gasteiger partial charge in [0.05, 0.1) is 10.5 Å². The van der Waals surface area contributed by atoms with E-state index in [4.69, 9.17) is 5.26 Å². The molecule has 0 aromatic heterocycles. The lowest BCUT2D eigenvalue weighted by Crippen LogP contribution is -2.32. The molecule has 1 heterocycles. The first kappa shape index (κ1) is 10.8. The maximum atomic E-state index is 11.4. The van der Waals surface area contributed by atoms with Crippen LogP contribution in [0.1, 0.15) is 19.3 Å². The molecule has 13 heavy (non-hydrogen) atoms. The van der Waals surface area contributed by atoms with Gasteiger partial charge in [-0.2, -0.15) is 5.26 Å². The number of nitrogens with zero attached hydrogens (tertiary/aromatic N) is 2. The number of alkyl halides is 1. The van der Waals surface area contributed by atoms with Crippen molar-refractivity contribution in [3.8, 4) is 6.07 Å². The summed E-state index contributed by atoms with van der Waals surface area (Å²) >= 11 is 2.09. The van der Waals surface area contributed by atoms with E-state index < -0.39 is 0 Å². The Bertz CT molecular complexity index is 224. The first-order valence-corrected chi connectivity index (χ1v) is 6.04. The van der Waals surface area contributed by atoms with E-state index in [1.54, 1.807) is 0 Å². The minimum Gasteiger partial charge on any atom is -0.342 e. The van der Waals surface area contributed by atoms with Crippen LogP contribution < -0.4 is 0 Å². The van der Waals surface area contributed by atoms with Crippen molar-refractivity contribution in [2.75, 3.05) is 17.5 Å². The number of carbonyl (C=O) groups excluding carboxylic acids is 1. The lowest BCUT2D eigenvalue weighted by atomic mass is 10.0. The molecule has 1 rings (SSSR count). The molecule has 0 bridgehead atoms. The van der Waals surface area contributed by atoms with Crippen LogP contribution in [0.15, 0.2) is 0 Å². The van der Waals surface area contributed by atoms with Crippen molar-refractivity contribution in [2.45, 2.75) is 19.3 Å². The van der Waals surface area contributed by atoms with E-state index in [0.29, 0.717) is 4.43 Å². The van der Waals surface area contributed by atoms with Crippen LogP contribution >= 0.6 is 22.6 Å². The zero-order valence-corrected chi connectivity index (χ0v) is 9.66. The molecule has 0 saturated carbocycles. The number of rotatable bonds is 1. The highest BCUT2D eigenvalue weighted by Crippen LogP contribution is 2.16. The highest BCUT2D eigenvalue weighted by molar-refractivity contribution is 14.1. The Kier molecular flexibility index (Phi) is 4.50. The summed E-state index contributed by atoms with van der Waals surface area (Å²) in [5.74, 6) is 0.367. The average molecular weight is 292 g/mol. The Balaban J connectivity index is 2.45. The van der Waals surface area contributed by atoms with Gasteiger partial charge in [-0.1, -0.05) is 22.6 Å². The van der Waals surface area contributed by atoms with Crippen molar-refractivity contribution in [1.82, 2.24) is 4.90 Å². The minimum absolute atomic E-state index is 0.159. The monoisotopic (exact) mass is 292 g/mol. The molecule has 1 saturated heterocycles. The summed E-state index contributed by atoms with van der Waals surface area (Å²) in [6, 6.07) is 2.28. The Morgan fingerprint density at radius 3 is 2.92 bits per heavy atom. The Morgan fingerprint density at radius 1 is 1.54 bits per heavy atom. The van der Waals surface area contributed by atoms with Crippen molar-refractivity contribution < 1.29 is 4.79 Å². The molecule has 0 spiro atoms. The molecule has 3 nitrogen and oxygen atoms in total. The molecule has 0 N–H and O–H groups in total. The van der Waals surface area contributed by atoms with Crippen molar-refractivity contribution in [3.63, 3.8) is 0 Å². The van der Waals surface area contributed by atoms with E-state index in [9.17, 15) is 4.79 Å². The predicted octanol–water partition coefficient (Wildman–Crippen LogP) is 1.57. The molecule has 1 unspecified atom stereocenters. The van der Waals surface area contributed by atoms with Crippen molar-refractivity contribution in [1.29, 1.82) is 5.26 Å². The van der Waals surface area contributed by atoms with E-state index in [-0.39, 0.29) is 11.8 Å². The summed E-state index contributed by atoms with van der Waals surface area (Å²) in [5.41, 5.74) is 0. The largest absolute Gasteiger partial charge is 0.342 e. The van der Waals surface area contributed by atoms with Crippen LogP contribution in [0.5, 0.6) is 0 Å². The number of amides is 1. The van der Waals surface area contributed by atoms with Crippen LogP contribution in [0.2, 0.25) is 0 Å². The van der Waals surface area contributed by atoms with E-state index >= 15 is 0 Å². The molecule has 0 aliphatic carbocycles. The molecular weight excluding hydrogens is 279 g/mol. The van der Waals surface area contributed by atoms with E-state index in [0.717, 1.165) is 32.4 Å². The summed E-state index contributed by atoms with van der Waals surface area (Å²) in [7, 11) is 0. The Labute approximate surface area is 92.2 Å². The quantitative estimate of drug-likeness (QED) is 0.544. The zero-order chi connectivity index (χ0) is 9.68. The van der Waals surface area contributed by atoms with Crippen LogP contribution in [0, 0.1) is 17.2 Å². The molecule has 1 amide bonds. The highest BCUT2D eigenvalue weighted by Gasteiger charge is 2.19. The van der Waals surface area contributed by atoms with Gasteiger partial charge in [-0.3, -0.25) is 4.79 Å². The summed E-state index contributed by atoms with van der Waals surface area (Å²) in [6.45, 7) is 1.60. The molecule has 72 valence electrons. The first-order valence-electron chi connectivity index (χ1n) is 4.51. The second-order valence-electron chi connectivity index (χ2n) is 3.27. The van der Waals surface area contributed by atoms with Crippen LogP contribution in [0.25, 0.3) is 0 Å². The topological polar surface area (TPSA) is 44.1 Å². The fourth-order valence-corrected chi connectivity index (χ4v) is 2.04. The molecule has 1 atom stereocenters. The standard InChI is InChI=1S/C9H13IN2O/c10-6-9(13)12-4-1-2-8(7-11)3-5-12/h8H,1-6H2. The van der Waals surface area contributed by atoms with Crippen molar-refractivity contribution in [2.24, 2.45) is 5.92 Å². The summed E-state index contributed by atoms with van der Waals surface area (Å²) in [4.78, 5) is 13.2. The molecule has 0 radical (unpaired) electrons. The Morgan fingerprint density at radius 2 is 2.31 bits per heavy atom. The number of hydrogen-bond donors (Lipinski definition) is 0. The van der Waals surface area contributed by atoms with Gasteiger partial charge in [0, 0.05) is 19.0 Å². The predicted molar refractivity (Wildman–Crippen MR) is 58.4 cm³/mol. The smallest absolute Gasteiger partial charge is 0.232 e. The second-order valence-corrected chi connectivity index (χ2v) is 4.03. The number of nitriles is 1. The maximum absolute atomic E-state index is 11.4. The van der Waals surface area contributed by atoms with Gasteiger partial charge in [0.1, 0.15) is 0 Å². The number of carbonyl (C=O) groups is 1. The average Bonchev–Trinajstić information content (AvgIpc) is 2.41. The van der Waals surface area contributed by atoms with E-state index in [1.165, 1.54) is 0 Å². The van der Waals surface area contributed by atoms with Gasteiger partial charge in [0.15, 0.2) is 0 Å². The van der Waals surface area contributed by atoms with Crippen LogP contribution in [-0.2, 0) is 4.79 Å². The lowest BCUT2D eigenvalue weighted by molar-refractivity contribution is -0.128. The van der Waals surface area contributed by atoms with Crippen molar-refractivity contribution >= 4 is 28.5 Å². The van der Waals surface area contributed by atoms with Crippen LogP contribution in [0.3, 0.4) is 0 Å². The van der Waals surface area contributed by atoms with Gasteiger partial charge in [0.25, 0.3) is 0 Å². The fraction of sp³-hybridized carbons (Fsp3) is 0.778. The summed E-state index contributed by atoms with van der Waals surface area (Å²) in [6.07, 6.45) is 2.76. The van der Waals surface area contributed by atoms with Gasteiger partial charge >= 0.3 is 0 Å².